The summed E-state index contributed by atoms with van der Waals surface area (Å²) in [5.41, 5.74) is 23.2. The highest BCUT2D eigenvalue weighted by Gasteiger charge is 2.07. The highest BCUT2D eigenvalue weighted by molar-refractivity contribution is 5.93. The van der Waals surface area contributed by atoms with E-state index in [4.69, 9.17) is 27.7 Å². The third-order valence-corrected chi connectivity index (χ3v) is 2.23. The molecule has 11 heteroatoms. The van der Waals surface area contributed by atoms with Gasteiger partial charge in [0.2, 0.25) is 11.9 Å². The minimum atomic E-state index is -0.132. The van der Waals surface area contributed by atoms with Crippen LogP contribution in [0.3, 0.4) is 0 Å². The molecule has 0 aliphatic carbocycles. The number of halogens is 2. The highest BCUT2D eigenvalue weighted by atomic mass is 35.5. The molecule has 0 fully saturated rings. The monoisotopic (exact) mass is 362 g/mol. The summed E-state index contributed by atoms with van der Waals surface area (Å²) >= 11 is 0. The van der Waals surface area contributed by atoms with Crippen molar-refractivity contribution < 1.29 is 4.74 Å². The molecule has 0 aliphatic heterocycles. The summed E-state index contributed by atoms with van der Waals surface area (Å²) in [6.45, 7) is 1.91. The molecule has 0 aliphatic rings. The summed E-state index contributed by atoms with van der Waals surface area (Å²) in [4.78, 5) is 0. The Hall–Kier alpha value is -2.52. The van der Waals surface area contributed by atoms with E-state index < -0.39 is 0 Å². The van der Waals surface area contributed by atoms with Crippen molar-refractivity contribution in [1.82, 2.24) is 0 Å². The standard InChI is InChI=1S/C12H18N8O.2ClH/c1-7-3-8(5-17-19-11(13)14)10(21-2)9(4-7)6-18-20-12(15)16;;/h3-6H,1-2H3,(H4,13,14,19)(H4,15,16,20);2*1H/b17-5+,18-6+;;. The fourth-order valence-corrected chi connectivity index (χ4v) is 1.57. The number of rotatable bonds is 5. The zero-order valence-corrected chi connectivity index (χ0v) is 14.3. The van der Waals surface area contributed by atoms with Crippen LogP contribution in [0.15, 0.2) is 32.5 Å². The fourth-order valence-electron chi connectivity index (χ4n) is 1.57. The molecule has 0 saturated carbocycles. The second-order valence-corrected chi connectivity index (χ2v) is 4.02. The van der Waals surface area contributed by atoms with Gasteiger partial charge in [0.15, 0.2) is 0 Å². The van der Waals surface area contributed by atoms with E-state index in [1.165, 1.54) is 19.5 Å². The summed E-state index contributed by atoms with van der Waals surface area (Å²) in [6.07, 6.45) is 2.95. The Bertz CT molecular complexity index is 570. The second-order valence-electron chi connectivity index (χ2n) is 4.02. The van der Waals surface area contributed by atoms with E-state index in [9.17, 15) is 0 Å². The first-order valence-corrected chi connectivity index (χ1v) is 5.86. The molecule has 0 aromatic heterocycles. The molecule has 23 heavy (non-hydrogen) atoms. The molecule has 9 nitrogen and oxygen atoms in total. The molecule has 0 atom stereocenters. The molecule has 0 spiro atoms. The van der Waals surface area contributed by atoms with E-state index in [2.05, 4.69) is 20.4 Å². The van der Waals surface area contributed by atoms with Crippen LogP contribution in [0, 0.1) is 6.92 Å². The molecular formula is C12H20Cl2N8O. The number of aryl methyl sites for hydroxylation is 1. The van der Waals surface area contributed by atoms with Crippen LogP contribution >= 0.6 is 24.8 Å². The summed E-state index contributed by atoms with van der Waals surface area (Å²) < 4.78 is 5.34. The molecule has 1 rings (SSSR count). The zero-order chi connectivity index (χ0) is 15.8. The molecule has 0 unspecified atom stereocenters. The number of hydrogen-bond acceptors (Lipinski definition) is 5. The van der Waals surface area contributed by atoms with Crippen molar-refractivity contribution in [2.24, 2.45) is 43.3 Å². The number of benzene rings is 1. The van der Waals surface area contributed by atoms with Crippen molar-refractivity contribution in [1.29, 1.82) is 0 Å². The minimum Gasteiger partial charge on any atom is -0.495 e. The number of nitrogens with two attached hydrogens (primary N) is 4. The van der Waals surface area contributed by atoms with Gasteiger partial charge in [-0.1, -0.05) is 0 Å². The summed E-state index contributed by atoms with van der Waals surface area (Å²) in [6, 6.07) is 3.73. The second kappa shape index (κ2) is 11.1. The molecule has 0 heterocycles. The Morgan fingerprint density at radius 2 is 1.30 bits per heavy atom. The van der Waals surface area contributed by atoms with Gasteiger partial charge >= 0.3 is 0 Å². The first-order valence-electron chi connectivity index (χ1n) is 5.86. The molecule has 8 N–H and O–H groups in total. The van der Waals surface area contributed by atoms with Gasteiger partial charge in [0.05, 0.1) is 19.5 Å². The summed E-state index contributed by atoms with van der Waals surface area (Å²) in [7, 11) is 1.53. The molecule has 128 valence electrons. The Labute approximate surface area is 146 Å². The SMILES string of the molecule is COc1c(/C=N/N=C(N)N)cc(C)cc1/C=N/N=C(N)N.Cl.Cl. The van der Waals surface area contributed by atoms with Gasteiger partial charge in [-0.3, -0.25) is 0 Å². The first kappa shape index (κ1) is 22.8. The van der Waals surface area contributed by atoms with E-state index in [1.54, 1.807) is 0 Å². The number of hydrogen-bond donors (Lipinski definition) is 4. The number of methoxy groups -OCH3 is 1. The van der Waals surface area contributed by atoms with Crippen molar-refractivity contribution in [3.63, 3.8) is 0 Å². The van der Waals surface area contributed by atoms with Crippen molar-refractivity contribution in [3.05, 3.63) is 28.8 Å². The van der Waals surface area contributed by atoms with Crippen molar-refractivity contribution in [2.45, 2.75) is 6.92 Å². The van der Waals surface area contributed by atoms with Gasteiger partial charge in [-0.05, 0) is 24.6 Å². The van der Waals surface area contributed by atoms with Gasteiger partial charge in [-0.15, -0.1) is 35.0 Å². The quantitative estimate of drug-likeness (QED) is 0.330. The third-order valence-electron chi connectivity index (χ3n) is 2.23. The number of nitrogens with zero attached hydrogens (tertiary/aromatic N) is 4. The van der Waals surface area contributed by atoms with E-state index in [-0.39, 0.29) is 36.7 Å². The van der Waals surface area contributed by atoms with Gasteiger partial charge in [0.25, 0.3) is 0 Å². The normalized spacial score (nSPS) is 9.83. The van der Waals surface area contributed by atoms with Crippen LogP contribution in [0.5, 0.6) is 5.75 Å². The molecule has 0 radical (unpaired) electrons. The van der Waals surface area contributed by atoms with E-state index >= 15 is 0 Å². The lowest BCUT2D eigenvalue weighted by Gasteiger charge is -2.09. The van der Waals surface area contributed by atoms with Gasteiger partial charge in [0.1, 0.15) is 5.75 Å². The Balaban J connectivity index is 0. The van der Waals surface area contributed by atoms with E-state index in [1.807, 2.05) is 19.1 Å². The molecular weight excluding hydrogens is 343 g/mol. The van der Waals surface area contributed by atoms with Crippen LogP contribution in [0.1, 0.15) is 16.7 Å². The summed E-state index contributed by atoms with van der Waals surface area (Å²) in [5, 5.41) is 14.6. The molecule has 0 saturated heterocycles. The lowest BCUT2D eigenvalue weighted by atomic mass is 10.1. The topological polar surface area (TPSA) is 163 Å². The molecule has 0 amide bonds. The maximum absolute atomic E-state index is 5.34. The van der Waals surface area contributed by atoms with Gasteiger partial charge < -0.3 is 27.7 Å². The maximum Gasteiger partial charge on any atom is 0.211 e. The van der Waals surface area contributed by atoms with E-state index in [0.717, 1.165) is 5.56 Å². The number of ether oxygens (including phenoxy) is 1. The van der Waals surface area contributed by atoms with Crippen molar-refractivity contribution in [3.8, 4) is 5.75 Å². The Kier molecular flexibility index (Phi) is 11.0. The van der Waals surface area contributed by atoms with Gasteiger partial charge in [-0.25, -0.2) is 0 Å². The fraction of sp³-hybridized carbons (Fsp3) is 0.167. The third kappa shape index (κ3) is 7.88. The van der Waals surface area contributed by atoms with Gasteiger partial charge in [-0.2, -0.15) is 10.2 Å². The molecule has 0 bridgehead atoms. The maximum atomic E-state index is 5.34. The Morgan fingerprint density at radius 3 is 1.61 bits per heavy atom. The molecule has 1 aromatic carbocycles. The van der Waals surface area contributed by atoms with Crippen LogP contribution in [0.4, 0.5) is 0 Å². The van der Waals surface area contributed by atoms with E-state index in [0.29, 0.717) is 16.9 Å². The van der Waals surface area contributed by atoms with Crippen molar-refractivity contribution in [2.75, 3.05) is 7.11 Å². The lowest BCUT2D eigenvalue weighted by molar-refractivity contribution is 0.413. The van der Waals surface area contributed by atoms with Gasteiger partial charge in [0, 0.05) is 11.1 Å². The largest absolute Gasteiger partial charge is 0.495 e. The highest BCUT2D eigenvalue weighted by Crippen LogP contribution is 2.23. The lowest BCUT2D eigenvalue weighted by Crippen LogP contribution is -2.21. The Morgan fingerprint density at radius 1 is 0.913 bits per heavy atom. The average molecular weight is 363 g/mol. The van der Waals surface area contributed by atoms with Crippen LogP contribution in [0.25, 0.3) is 0 Å². The average Bonchev–Trinajstić information content (AvgIpc) is 2.37. The molecule has 1 aromatic rings. The van der Waals surface area contributed by atoms with Crippen molar-refractivity contribution >= 4 is 49.2 Å². The number of guanidine groups is 2. The predicted molar refractivity (Wildman–Crippen MR) is 99.0 cm³/mol. The van der Waals surface area contributed by atoms with Crippen LogP contribution in [0.2, 0.25) is 0 Å². The first-order chi connectivity index (χ1) is 9.93. The van der Waals surface area contributed by atoms with Crippen LogP contribution in [-0.2, 0) is 0 Å². The predicted octanol–water partition coefficient (Wildman–Crippen LogP) is 0.0618. The van der Waals surface area contributed by atoms with Crippen LogP contribution < -0.4 is 27.7 Å². The smallest absolute Gasteiger partial charge is 0.211 e. The summed E-state index contributed by atoms with van der Waals surface area (Å²) in [5.74, 6) is 0.282. The van der Waals surface area contributed by atoms with Crippen LogP contribution in [-0.4, -0.2) is 31.5 Å². The minimum absolute atomic E-state index is 0. The zero-order valence-electron chi connectivity index (χ0n) is 12.6.